The summed E-state index contributed by atoms with van der Waals surface area (Å²) in [6.45, 7) is 7.29. The van der Waals surface area contributed by atoms with Gasteiger partial charge in [0.1, 0.15) is 11.6 Å². The lowest BCUT2D eigenvalue weighted by Gasteiger charge is -2.29. The van der Waals surface area contributed by atoms with Gasteiger partial charge >= 0.3 is 12.1 Å². The lowest BCUT2D eigenvalue weighted by atomic mass is 10.2. The molecular weight excluding hydrogens is 222 g/mol. The smallest absolute Gasteiger partial charge is 0.411 e. The number of ether oxygens (including phenoxy) is 1. The number of hydrogen-bond donors (Lipinski definition) is 1. The van der Waals surface area contributed by atoms with Crippen LogP contribution in [0.25, 0.3) is 0 Å². The van der Waals surface area contributed by atoms with Crippen molar-refractivity contribution in [2.24, 2.45) is 5.92 Å². The fraction of sp³-hybridized carbons (Fsp3) is 0.833. The van der Waals surface area contributed by atoms with Gasteiger partial charge in [-0.25, -0.2) is 9.59 Å². The molecule has 0 radical (unpaired) electrons. The fourth-order valence-electron chi connectivity index (χ4n) is 1.42. The van der Waals surface area contributed by atoms with Crippen LogP contribution in [-0.4, -0.2) is 40.3 Å². The molecule has 0 aromatic carbocycles. The summed E-state index contributed by atoms with van der Waals surface area (Å²) in [5.74, 6) is -0.569. The van der Waals surface area contributed by atoms with Gasteiger partial charge in [-0.3, -0.25) is 4.90 Å². The van der Waals surface area contributed by atoms with E-state index in [4.69, 9.17) is 9.84 Å². The molecule has 1 N–H and O–H groups in total. The van der Waals surface area contributed by atoms with Crippen molar-refractivity contribution < 1.29 is 19.4 Å². The fourth-order valence-corrected chi connectivity index (χ4v) is 1.42. The van der Waals surface area contributed by atoms with Gasteiger partial charge in [0.15, 0.2) is 0 Å². The molecule has 0 aromatic heterocycles. The van der Waals surface area contributed by atoms with E-state index in [9.17, 15) is 9.59 Å². The molecule has 5 nitrogen and oxygen atoms in total. The van der Waals surface area contributed by atoms with Crippen LogP contribution in [0.5, 0.6) is 0 Å². The first-order valence-electron chi connectivity index (χ1n) is 5.93. The molecule has 1 atom stereocenters. The van der Waals surface area contributed by atoms with Gasteiger partial charge in [0.25, 0.3) is 0 Å². The van der Waals surface area contributed by atoms with E-state index in [0.29, 0.717) is 12.5 Å². The Morgan fingerprint density at radius 1 is 1.41 bits per heavy atom. The molecule has 1 unspecified atom stereocenters. The standard InChI is InChI=1S/C12H21NO4/c1-8(10(14)15)13(7-9-5-6-9)11(16)17-12(2,3)4/h8-9H,5-7H2,1-4H3,(H,14,15). The van der Waals surface area contributed by atoms with Gasteiger partial charge in [0.05, 0.1) is 0 Å². The van der Waals surface area contributed by atoms with Crippen LogP contribution < -0.4 is 0 Å². The second-order valence-corrected chi connectivity index (χ2v) is 5.59. The quantitative estimate of drug-likeness (QED) is 0.821. The highest BCUT2D eigenvalue weighted by atomic mass is 16.6. The van der Waals surface area contributed by atoms with Gasteiger partial charge in [0, 0.05) is 6.54 Å². The highest BCUT2D eigenvalue weighted by Crippen LogP contribution is 2.30. The molecule has 1 rings (SSSR count). The Labute approximate surface area is 102 Å². The van der Waals surface area contributed by atoms with Crippen molar-refractivity contribution in [1.82, 2.24) is 4.90 Å². The number of rotatable bonds is 4. The van der Waals surface area contributed by atoms with E-state index < -0.39 is 23.7 Å². The Bertz CT molecular complexity index is 304. The van der Waals surface area contributed by atoms with Crippen LogP contribution in [0, 0.1) is 5.92 Å². The lowest BCUT2D eigenvalue weighted by Crippen LogP contribution is -2.46. The maximum Gasteiger partial charge on any atom is 0.411 e. The van der Waals surface area contributed by atoms with E-state index in [1.807, 2.05) is 0 Å². The molecule has 1 aliphatic rings. The Hall–Kier alpha value is -1.26. The molecule has 0 saturated heterocycles. The van der Waals surface area contributed by atoms with Crippen LogP contribution in [0.4, 0.5) is 4.79 Å². The summed E-state index contributed by atoms with van der Waals surface area (Å²) in [7, 11) is 0. The minimum atomic E-state index is -1.00. The van der Waals surface area contributed by atoms with Crippen LogP contribution >= 0.6 is 0 Å². The first-order valence-corrected chi connectivity index (χ1v) is 5.93. The Morgan fingerprint density at radius 2 is 1.94 bits per heavy atom. The predicted octanol–water partition coefficient (Wildman–Crippen LogP) is 2.11. The van der Waals surface area contributed by atoms with Crippen molar-refractivity contribution in [3.63, 3.8) is 0 Å². The Morgan fingerprint density at radius 3 is 2.29 bits per heavy atom. The van der Waals surface area contributed by atoms with Crippen LogP contribution in [0.3, 0.4) is 0 Å². The molecule has 1 fully saturated rings. The normalized spacial score (nSPS) is 17.4. The molecule has 1 saturated carbocycles. The van der Waals surface area contributed by atoms with Crippen LogP contribution in [0.15, 0.2) is 0 Å². The summed E-state index contributed by atoms with van der Waals surface area (Å²) < 4.78 is 5.22. The summed E-state index contributed by atoms with van der Waals surface area (Å²) in [6.07, 6.45) is 1.58. The first kappa shape index (κ1) is 13.8. The van der Waals surface area contributed by atoms with E-state index in [1.54, 1.807) is 20.8 Å². The summed E-state index contributed by atoms with van der Waals surface area (Å²) in [5.41, 5.74) is -0.600. The van der Waals surface area contributed by atoms with Gasteiger partial charge in [-0.05, 0) is 46.5 Å². The number of hydrogen-bond acceptors (Lipinski definition) is 3. The molecule has 0 aliphatic heterocycles. The number of amides is 1. The summed E-state index contributed by atoms with van der Waals surface area (Å²) in [6, 6.07) is -0.842. The average Bonchev–Trinajstić information content (AvgIpc) is 2.93. The number of aliphatic carboxylic acids is 1. The van der Waals surface area contributed by atoms with E-state index in [2.05, 4.69) is 0 Å². The van der Waals surface area contributed by atoms with Gasteiger partial charge in [-0.2, -0.15) is 0 Å². The zero-order valence-electron chi connectivity index (χ0n) is 10.9. The summed E-state index contributed by atoms with van der Waals surface area (Å²) in [4.78, 5) is 24.2. The summed E-state index contributed by atoms with van der Waals surface area (Å²) in [5, 5.41) is 8.98. The van der Waals surface area contributed by atoms with E-state index >= 15 is 0 Å². The van der Waals surface area contributed by atoms with Crippen LogP contribution in [-0.2, 0) is 9.53 Å². The zero-order chi connectivity index (χ0) is 13.2. The maximum absolute atomic E-state index is 11.9. The van der Waals surface area contributed by atoms with Crippen molar-refractivity contribution >= 4 is 12.1 Å². The topological polar surface area (TPSA) is 66.8 Å². The average molecular weight is 243 g/mol. The van der Waals surface area contributed by atoms with Gasteiger partial charge < -0.3 is 9.84 Å². The highest BCUT2D eigenvalue weighted by molar-refractivity contribution is 5.79. The molecule has 98 valence electrons. The van der Waals surface area contributed by atoms with Crippen molar-refractivity contribution in [3.8, 4) is 0 Å². The van der Waals surface area contributed by atoms with Crippen LogP contribution in [0.2, 0.25) is 0 Å². The third-order valence-corrected chi connectivity index (χ3v) is 2.60. The largest absolute Gasteiger partial charge is 0.480 e. The van der Waals surface area contributed by atoms with E-state index in [0.717, 1.165) is 12.8 Å². The molecule has 1 amide bonds. The Balaban J connectivity index is 2.67. The van der Waals surface area contributed by atoms with Crippen molar-refractivity contribution in [2.75, 3.05) is 6.54 Å². The van der Waals surface area contributed by atoms with Gasteiger partial charge in [-0.1, -0.05) is 0 Å². The Kier molecular flexibility index (Phi) is 4.01. The van der Waals surface area contributed by atoms with Crippen molar-refractivity contribution in [3.05, 3.63) is 0 Å². The zero-order valence-corrected chi connectivity index (χ0v) is 10.9. The number of carbonyl (C=O) groups is 2. The highest BCUT2D eigenvalue weighted by Gasteiger charge is 2.34. The molecule has 0 spiro atoms. The third kappa shape index (κ3) is 4.63. The first-order chi connectivity index (χ1) is 7.70. The number of carboxylic acids is 1. The van der Waals surface area contributed by atoms with Gasteiger partial charge in [0.2, 0.25) is 0 Å². The molecule has 0 heterocycles. The second kappa shape index (κ2) is 4.94. The second-order valence-electron chi connectivity index (χ2n) is 5.59. The van der Waals surface area contributed by atoms with Crippen molar-refractivity contribution in [1.29, 1.82) is 0 Å². The number of carboxylic acid groups (broad SMARTS) is 1. The third-order valence-electron chi connectivity index (χ3n) is 2.60. The number of carbonyl (C=O) groups excluding carboxylic acids is 1. The molecule has 5 heteroatoms. The molecule has 17 heavy (non-hydrogen) atoms. The van der Waals surface area contributed by atoms with Crippen molar-refractivity contribution in [2.45, 2.75) is 52.2 Å². The minimum absolute atomic E-state index is 0.435. The molecule has 0 bridgehead atoms. The van der Waals surface area contributed by atoms with E-state index in [1.165, 1.54) is 11.8 Å². The van der Waals surface area contributed by atoms with E-state index in [-0.39, 0.29) is 0 Å². The monoisotopic (exact) mass is 243 g/mol. The lowest BCUT2D eigenvalue weighted by molar-refractivity contribution is -0.142. The SMILES string of the molecule is CC(C(=O)O)N(CC1CC1)C(=O)OC(C)(C)C. The van der Waals surface area contributed by atoms with Gasteiger partial charge in [-0.15, -0.1) is 0 Å². The summed E-state index contributed by atoms with van der Waals surface area (Å²) >= 11 is 0. The van der Waals surface area contributed by atoms with Crippen LogP contribution in [0.1, 0.15) is 40.5 Å². The minimum Gasteiger partial charge on any atom is -0.480 e. The number of nitrogens with zero attached hydrogens (tertiary/aromatic N) is 1. The molecular formula is C12H21NO4. The maximum atomic E-state index is 11.9. The molecule has 1 aliphatic carbocycles. The predicted molar refractivity (Wildman–Crippen MR) is 62.8 cm³/mol. The molecule has 0 aromatic rings.